The molecule has 0 saturated heterocycles. The van der Waals surface area contributed by atoms with Crippen LogP contribution in [0.1, 0.15) is 232 Å². The zero-order valence-corrected chi connectivity index (χ0v) is 44.6. The van der Waals surface area contributed by atoms with Crippen LogP contribution in [0.15, 0.2) is 48.5 Å². The van der Waals surface area contributed by atoms with Gasteiger partial charge in [0.1, 0.15) is 0 Å². The summed E-state index contributed by atoms with van der Waals surface area (Å²) in [6, 6.07) is 18.2. The van der Waals surface area contributed by atoms with Crippen molar-refractivity contribution in [3.8, 4) is 11.5 Å². The van der Waals surface area contributed by atoms with Gasteiger partial charge in [-0.15, -0.1) is 0 Å². The van der Waals surface area contributed by atoms with E-state index in [2.05, 4.69) is 90.1 Å². The summed E-state index contributed by atoms with van der Waals surface area (Å²) >= 11 is -7.70. The second kappa shape index (κ2) is 35.2. The Balaban J connectivity index is 2.72. The van der Waals surface area contributed by atoms with Gasteiger partial charge in [-0.1, -0.05) is 0 Å². The van der Waals surface area contributed by atoms with Gasteiger partial charge in [0.25, 0.3) is 0 Å². The van der Waals surface area contributed by atoms with Crippen molar-refractivity contribution in [3.63, 3.8) is 0 Å². The molecule has 57 heavy (non-hydrogen) atoms. The molecule has 0 fully saturated rings. The maximum atomic E-state index is 8.44. The summed E-state index contributed by atoms with van der Waals surface area (Å²) in [6.45, 7) is 14.0. The molecule has 0 saturated carbocycles. The summed E-state index contributed by atoms with van der Waals surface area (Å²) in [6.07, 6.45) is 38.6. The maximum absolute atomic E-state index is 8.44. The fourth-order valence-electron chi connectivity index (χ4n) is 8.49. The van der Waals surface area contributed by atoms with E-state index < -0.39 is 38.4 Å². The van der Waals surface area contributed by atoms with Crippen LogP contribution in [-0.4, -0.2) is 38.4 Å². The third-order valence-electron chi connectivity index (χ3n) is 12.2. The van der Waals surface area contributed by atoms with Gasteiger partial charge in [0.15, 0.2) is 0 Å². The molecule has 0 atom stereocenters. The molecule has 3 nitrogen and oxygen atoms in total. The Labute approximate surface area is 366 Å². The predicted molar refractivity (Wildman–Crippen MR) is 257 cm³/mol. The molecule has 5 heteroatoms. The van der Waals surface area contributed by atoms with Crippen LogP contribution in [0.25, 0.3) is 0 Å². The SMILES string of the molecule is CCCCCCC[CH2][Sn]([CH2]CCCCCCC)([O]c1ccccc1CCCC)[O][Sn]([CH2]CCCCCCC)([CH2]CCCCCCC)[O]c1ccccc1CCCC. The Kier molecular flexibility index (Phi) is 32.6. The molecule has 0 radical (unpaired) electrons. The molecule has 0 N–H and O–H groups in total. The zero-order valence-electron chi connectivity index (χ0n) is 38.9. The van der Waals surface area contributed by atoms with Crippen LogP contribution in [0.3, 0.4) is 0 Å². The van der Waals surface area contributed by atoms with Crippen molar-refractivity contribution >= 4 is 38.4 Å². The number of rotatable bonds is 40. The van der Waals surface area contributed by atoms with E-state index in [9.17, 15) is 0 Å². The molecule has 0 bridgehead atoms. The fraction of sp³-hybridized carbons (Fsp3) is 0.769. The molecule has 0 amide bonds. The first-order valence-corrected chi connectivity index (χ1v) is 38.0. The first kappa shape index (κ1) is 52.7. The van der Waals surface area contributed by atoms with Crippen LogP contribution in [-0.2, 0) is 14.3 Å². The summed E-state index contributed by atoms with van der Waals surface area (Å²) in [5.74, 6) is 2.31. The molecule has 0 spiro atoms. The molecule has 328 valence electrons. The molecular weight excluding hydrogens is 910 g/mol. The minimum absolute atomic E-state index is 1.09. The van der Waals surface area contributed by atoms with Crippen molar-refractivity contribution < 1.29 is 7.56 Å². The van der Waals surface area contributed by atoms with E-state index in [4.69, 9.17) is 7.56 Å². The van der Waals surface area contributed by atoms with Crippen molar-refractivity contribution in [1.82, 2.24) is 0 Å². The molecule has 2 aromatic carbocycles. The second-order valence-corrected chi connectivity index (χ2v) is 39.4. The monoisotopic (exact) mass is 1010 g/mol. The number of benzene rings is 2. The Bertz CT molecular complexity index is 1080. The molecule has 2 rings (SSSR count). The van der Waals surface area contributed by atoms with Crippen LogP contribution in [0, 0.1) is 0 Å². The van der Waals surface area contributed by atoms with Crippen LogP contribution in [0.2, 0.25) is 17.7 Å². The van der Waals surface area contributed by atoms with Gasteiger partial charge in [-0.05, 0) is 0 Å². The Morgan fingerprint density at radius 3 is 0.877 bits per heavy atom. The normalized spacial score (nSPS) is 12.0. The third kappa shape index (κ3) is 24.0. The van der Waals surface area contributed by atoms with E-state index in [0.29, 0.717) is 0 Å². The van der Waals surface area contributed by atoms with E-state index >= 15 is 0 Å². The summed E-state index contributed by atoms with van der Waals surface area (Å²) in [4.78, 5) is 0. The quantitative estimate of drug-likeness (QED) is 0.0492. The van der Waals surface area contributed by atoms with E-state index in [1.165, 1.54) is 209 Å². The number of unbranched alkanes of at least 4 members (excludes halogenated alkanes) is 22. The molecule has 0 aliphatic heterocycles. The predicted octanol–water partition coefficient (Wildman–Crippen LogP) is 18.2. The van der Waals surface area contributed by atoms with Crippen LogP contribution in [0.5, 0.6) is 11.5 Å². The van der Waals surface area contributed by atoms with E-state index in [1.807, 2.05) is 0 Å². The van der Waals surface area contributed by atoms with E-state index in [-0.39, 0.29) is 0 Å². The van der Waals surface area contributed by atoms with Crippen LogP contribution >= 0.6 is 0 Å². The Morgan fingerprint density at radius 2 is 0.579 bits per heavy atom. The average Bonchev–Trinajstić information content (AvgIpc) is 3.22. The second-order valence-electron chi connectivity index (χ2n) is 17.6. The summed E-state index contributed by atoms with van der Waals surface area (Å²) in [5, 5.41) is 0. The molecular formula is C52H94O3Sn2. The van der Waals surface area contributed by atoms with Gasteiger partial charge in [-0.25, -0.2) is 0 Å². The number of hydrogen-bond acceptors (Lipinski definition) is 3. The molecule has 0 aliphatic rings. The standard InChI is InChI=1S/2C10H14O.4C8H17.O.2Sn/c2*1-2-3-6-9-7-4-5-8-10(9)11;4*1-3-5-7-8-6-4-2;;;/h2*4-5,7-8,11H,2-3,6H2,1H3;4*1,3-8H2,2H3;;;/q;;;;;;;2*+1/p-2. The van der Waals surface area contributed by atoms with Gasteiger partial charge in [0, 0.05) is 0 Å². The van der Waals surface area contributed by atoms with Gasteiger partial charge >= 0.3 is 369 Å². The first-order valence-electron chi connectivity index (χ1n) is 25.2. The minimum atomic E-state index is -3.85. The van der Waals surface area contributed by atoms with Crippen molar-refractivity contribution in [2.24, 2.45) is 0 Å². The first-order chi connectivity index (χ1) is 28.0. The Morgan fingerprint density at radius 1 is 0.316 bits per heavy atom. The van der Waals surface area contributed by atoms with Crippen molar-refractivity contribution in [2.75, 3.05) is 0 Å². The molecule has 0 unspecified atom stereocenters. The summed E-state index contributed by atoms with van der Waals surface area (Å²) in [5.41, 5.74) is 2.79. The Hall–Kier alpha value is -0.403. The van der Waals surface area contributed by atoms with Crippen molar-refractivity contribution in [1.29, 1.82) is 0 Å². The summed E-state index contributed by atoms with van der Waals surface area (Å²) in [7, 11) is 0. The molecule has 0 aromatic heterocycles. The summed E-state index contributed by atoms with van der Waals surface area (Å²) < 4.78 is 28.8. The van der Waals surface area contributed by atoms with Gasteiger partial charge in [0.05, 0.1) is 0 Å². The number of aryl methyl sites for hydroxylation is 2. The number of para-hydroxylation sites is 2. The van der Waals surface area contributed by atoms with Gasteiger partial charge < -0.3 is 0 Å². The van der Waals surface area contributed by atoms with Crippen LogP contribution in [0.4, 0.5) is 0 Å². The fourth-order valence-corrected chi connectivity index (χ4v) is 49.2. The van der Waals surface area contributed by atoms with Crippen molar-refractivity contribution in [2.45, 2.75) is 252 Å². The van der Waals surface area contributed by atoms with E-state index in [1.54, 1.807) is 0 Å². The van der Waals surface area contributed by atoms with Gasteiger partial charge in [-0.2, -0.15) is 0 Å². The van der Waals surface area contributed by atoms with Gasteiger partial charge in [-0.3, -0.25) is 0 Å². The average molecular weight is 1000 g/mol. The number of hydrogen-bond donors (Lipinski definition) is 0. The van der Waals surface area contributed by atoms with Crippen LogP contribution < -0.4 is 6.15 Å². The van der Waals surface area contributed by atoms with Crippen molar-refractivity contribution in [3.05, 3.63) is 59.7 Å². The molecule has 2 aromatic rings. The molecule has 0 aliphatic carbocycles. The third-order valence-corrected chi connectivity index (χ3v) is 44.6. The molecule has 0 heterocycles. The van der Waals surface area contributed by atoms with Gasteiger partial charge in [0.2, 0.25) is 0 Å². The zero-order chi connectivity index (χ0) is 41.1. The topological polar surface area (TPSA) is 27.7 Å². The van der Waals surface area contributed by atoms with E-state index in [0.717, 1.165) is 24.3 Å².